The minimum Gasteiger partial charge on any atom is -0.370 e. The Balaban J connectivity index is 2.05. The molecule has 1 atom stereocenters. The minimum atomic E-state index is 0.710. The van der Waals surface area contributed by atoms with E-state index in [1.54, 1.807) is 0 Å². The van der Waals surface area contributed by atoms with Crippen molar-refractivity contribution in [1.29, 1.82) is 0 Å². The summed E-state index contributed by atoms with van der Waals surface area (Å²) in [6.07, 6.45) is 2.51. The average Bonchev–Trinajstić information content (AvgIpc) is 2.93. The van der Waals surface area contributed by atoms with E-state index in [1.165, 1.54) is 35.6 Å². The van der Waals surface area contributed by atoms with Crippen LogP contribution in [-0.2, 0) is 6.54 Å². The molecular weight excluding hydrogens is 240 g/mol. The minimum absolute atomic E-state index is 0.710. The fourth-order valence-electron chi connectivity index (χ4n) is 2.43. The smallest absolute Gasteiger partial charge is 0.0412 e. The van der Waals surface area contributed by atoms with E-state index in [1.807, 2.05) is 0 Å². The van der Waals surface area contributed by atoms with Crippen molar-refractivity contribution >= 4 is 17.4 Å². The van der Waals surface area contributed by atoms with Crippen molar-refractivity contribution in [3.63, 3.8) is 0 Å². The second-order valence-electron chi connectivity index (χ2n) is 4.93. The Morgan fingerprint density at radius 2 is 2.22 bits per heavy atom. The topological polar surface area (TPSA) is 15.3 Å². The zero-order chi connectivity index (χ0) is 12.8. The van der Waals surface area contributed by atoms with Crippen molar-refractivity contribution < 1.29 is 0 Å². The van der Waals surface area contributed by atoms with E-state index in [0.717, 1.165) is 13.1 Å². The van der Waals surface area contributed by atoms with Crippen molar-refractivity contribution in [3.05, 3.63) is 29.8 Å². The SMILES string of the molecule is CCCNCc1ccccc1N(C)C1CCSC1. The first kappa shape index (κ1) is 13.8. The molecule has 1 fully saturated rings. The van der Waals surface area contributed by atoms with Crippen LogP contribution in [0.4, 0.5) is 5.69 Å². The van der Waals surface area contributed by atoms with Crippen molar-refractivity contribution in [2.45, 2.75) is 32.4 Å². The Morgan fingerprint density at radius 1 is 1.39 bits per heavy atom. The van der Waals surface area contributed by atoms with Crippen LogP contribution in [0.25, 0.3) is 0 Å². The summed E-state index contributed by atoms with van der Waals surface area (Å²) in [5, 5.41) is 3.51. The van der Waals surface area contributed by atoms with Crippen LogP contribution in [0.3, 0.4) is 0 Å². The standard InChI is InChI=1S/C15H24N2S/c1-3-9-16-11-13-6-4-5-7-15(13)17(2)14-8-10-18-12-14/h4-7,14,16H,3,8-12H2,1-2H3. The second kappa shape index (κ2) is 7.05. The van der Waals surface area contributed by atoms with E-state index in [2.05, 4.69) is 60.2 Å². The molecule has 0 radical (unpaired) electrons. The monoisotopic (exact) mass is 264 g/mol. The third-order valence-corrected chi connectivity index (χ3v) is 4.71. The number of nitrogens with one attached hydrogen (secondary N) is 1. The van der Waals surface area contributed by atoms with Gasteiger partial charge < -0.3 is 10.2 Å². The molecule has 0 amide bonds. The first-order valence-electron chi connectivity index (χ1n) is 6.92. The van der Waals surface area contributed by atoms with Gasteiger partial charge in [-0.05, 0) is 36.8 Å². The molecule has 0 spiro atoms. The molecule has 2 rings (SSSR count). The van der Waals surface area contributed by atoms with Gasteiger partial charge in [-0.1, -0.05) is 25.1 Å². The molecule has 1 aliphatic heterocycles. The normalized spacial score (nSPS) is 19.1. The van der Waals surface area contributed by atoms with Crippen LogP contribution in [0.5, 0.6) is 0 Å². The van der Waals surface area contributed by atoms with Gasteiger partial charge in [0.2, 0.25) is 0 Å². The van der Waals surface area contributed by atoms with E-state index in [9.17, 15) is 0 Å². The lowest BCUT2D eigenvalue weighted by Gasteiger charge is -2.28. The lowest BCUT2D eigenvalue weighted by Crippen LogP contribution is -2.32. The molecule has 18 heavy (non-hydrogen) atoms. The average molecular weight is 264 g/mol. The molecule has 1 aromatic carbocycles. The highest BCUT2D eigenvalue weighted by Gasteiger charge is 2.21. The summed E-state index contributed by atoms with van der Waals surface area (Å²) < 4.78 is 0. The van der Waals surface area contributed by atoms with Crippen molar-refractivity contribution in [3.8, 4) is 0 Å². The van der Waals surface area contributed by atoms with E-state index >= 15 is 0 Å². The van der Waals surface area contributed by atoms with Gasteiger partial charge in [-0.3, -0.25) is 0 Å². The number of benzene rings is 1. The van der Waals surface area contributed by atoms with Gasteiger partial charge in [0.25, 0.3) is 0 Å². The molecule has 1 unspecified atom stereocenters. The molecule has 1 aliphatic rings. The van der Waals surface area contributed by atoms with E-state index in [0.29, 0.717) is 6.04 Å². The molecule has 3 heteroatoms. The Kier molecular flexibility index (Phi) is 5.39. The first-order chi connectivity index (χ1) is 8.83. The van der Waals surface area contributed by atoms with Crippen LogP contribution < -0.4 is 10.2 Å². The van der Waals surface area contributed by atoms with Gasteiger partial charge in [-0.25, -0.2) is 0 Å². The zero-order valence-electron chi connectivity index (χ0n) is 11.5. The highest BCUT2D eigenvalue weighted by molar-refractivity contribution is 7.99. The van der Waals surface area contributed by atoms with E-state index in [4.69, 9.17) is 0 Å². The Morgan fingerprint density at radius 3 is 2.94 bits per heavy atom. The zero-order valence-corrected chi connectivity index (χ0v) is 12.3. The third kappa shape index (κ3) is 3.42. The van der Waals surface area contributed by atoms with Gasteiger partial charge in [0.1, 0.15) is 0 Å². The number of hydrogen-bond acceptors (Lipinski definition) is 3. The van der Waals surface area contributed by atoms with Gasteiger partial charge in [0.15, 0.2) is 0 Å². The predicted molar refractivity (Wildman–Crippen MR) is 82.6 cm³/mol. The number of nitrogens with zero attached hydrogens (tertiary/aromatic N) is 1. The molecule has 0 saturated carbocycles. The highest BCUT2D eigenvalue weighted by Crippen LogP contribution is 2.28. The first-order valence-corrected chi connectivity index (χ1v) is 8.07. The number of anilines is 1. The number of rotatable bonds is 6. The maximum absolute atomic E-state index is 3.51. The van der Waals surface area contributed by atoms with Crippen molar-refractivity contribution in [2.24, 2.45) is 0 Å². The number of para-hydroxylation sites is 1. The molecule has 1 saturated heterocycles. The molecule has 1 heterocycles. The number of hydrogen-bond donors (Lipinski definition) is 1. The van der Waals surface area contributed by atoms with Gasteiger partial charge in [-0.15, -0.1) is 0 Å². The number of thioether (sulfide) groups is 1. The molecule has 1 N–H and O–H groups in total. The van der Waals surface area contributed by atoms with Crippen LogP contribution in [-0.4, -0.2) is 31.1 Å². The van der Waals surface area contributed by atoms with Crippen LogP contribution in [0.2, 0.25) is 0 Å². The Hall–Kier alpha value is -0.670. The van der Waals surface area contributed by atoms with E-state index < -0.39 is 0 Å². The molecule has 0 aliphatic carbocycles. The van der Waals surface area contributed by atoms with Crippen molar-refractivity contribution in [2.75, 3.05) is 30.0 Å². The van der Waals surface area contributed by atoms with Crippen molar-refractivity contribution in [1.82, 2.24) is 5.32 Å². The maximum Gasteiger partial charge on any atom is 0.0412 e. The van der Waals surface area contributed by atoms with Gasteiger partial charge in [0.05, 0.1) is 0 Å². The quantitative estimate of drug-likeness (QED) is 0.795. The molecule has 0 aromatic heterocycles. The molecular formula is C15H24N2S. The van der Waals surface area contributed by atoms with Gasteiger partial charge in [0, 0.05) is 31.1 Å². The molecule has 1 aromatic rings. The Bertz CT molecular complexity index is 361. The van der Waals surface area contributed by atoms with Crippen LogP contribution >= 0.6 is 11.8 Å². The summed E-state index contributed by atoms with van der Waals surface area (Å²) in [5.74, 6) is 2.58. The lowest BCUT2D eigenvalue weighted by molar-refractivity contribution is 0.662. The fourth-order valence-corrected chi connectivity index (χ4v) is 3.70. The maximum atomic E-state index is 3.51. The predicted octanol–water partition coefficient (Wildman–Crippen LogP) is 3.13. The summed E-state index contributed by atoms with van der Waals surface area (Å²) in [7, 11) is 2.25. The second-order valence-corrected chi connectivity index (χ2v) is 6.08. The summed E-state index contributed by atoms with van der Waals surface area (Å²) in [6.45, 7) is 4.28. The highest BCUT2D eigenvalue weighted by atomic mass is 32.2. The summed E-state index contributed by atoms with van der Waals surface area (Å²) in [5.41, 5.74) is 2.82. The molecule has 100 valence electrons. The van der Waals surface area contributed by atoms with Crippen LogP contribution in [0.1, 0.15) is 25.3 Å². The van der Waals surface area contributed by atoms with Gasteiger partial charge in [-0.2, -0.15) is 11.8 Å². The van der Waals surface area contributed by atoms with E-state index in [-0.39, 0.29) is 0 Å². The largest absolute Gasteiger partial charge is 0.370 e. The summed E-state index contributed by atoms with van der Waals surface area (Å²) in [4.78, 5) is 2.48. The fraction of sp³-hybridized carbons (Fsp3) is 0.600. The summed E-state index contributed by atoms with van der Waals surface area (Å²) in [6, 6.07) is 9.51. The summed E-state index contributed by atoms with van der Waals surface area (Å²) >= 11 is 2.08. The third-order valence-electron chi connectivity index (χ3n) is 3.57. The van der Waals surface area contributed by atoms with Crippen LogP contribution in [0, 0.1) is 0 Å². The van der Waals surface area contributed by atoms with Gasteiger partial charge >= 0.3 is 0 Å². The Labute approximate surface area is 115 Å². The van der Waals surface area contributed by atoms with Crippen LogP contribution in [0.15, 0.2) is 24.3 Å². The molecule has 2 nitrogen and oxygen atoms in total. The lowest BCUT2D eigenvalue weighted by atomic mass is 10.1. The molecule has 0 bridgehead atoms.